The van der Waals surface area contributed by atoms with Gasteiger partial charge in [-0.1, -0.05) is 0 Å². The number of anilines is 1. The second-order valence-electron chi connectivity index (χ2n) is 3.96. The smallest absolute Gasteiger partial charge is 0.271 e. The van der Waals surface area contributed by atoms with Crippen LogP contribution in [-0.2, 0) is 10.0 Å². The van der Waals surface area contributed by atoms with Crippen molar-refractivity contribution in [3.05, 3.63) is 59.6 Å². The van der Waals surface area contributed by atoms with Gasteiger partial charge in [-0.25, -0.2) is 13.1 Å². The lowest BCUT2D eigenvalue weighted by atomic mass is 10.3. The van der Waals surface area contributed by atoms with Crippen molar-refractivity contribution in [1.29, 1.82) is 0 Å². The third-order valence-corrected chi connectivity index (χ3v) is 3.80. The Morgan fingerprint density at radius 1 is 1.20 bits per heavy atom. The fourth-order valence-electron chi connectivity index (χ4n) is 1.48. The summed E-state index contributed by atoms with van der Waals surface area (Å²) in [6, 6.07) is 8.06. The van der Waals surface area contributed by atoms with Gasteiger partial charge in [-0.05, 0) is 30.3 Å². The number of pyridine rings is 1. The predicted octanol–water partition coefficient (Wildman–Crippen LogP) is 0.0209. The first kappa shape index (κ1) is 13.8. The van der Waals surface area contributed by atoms with Crippen molar-refractivity contribution in [1.82, 2.24) is 4.72 Å². The Morgan fingerprint density at radius 2 is 1.85 bits per heavy atom. The Kier molecular flexibility index (Phi) is 3.57. The first-order valence-electron chi connectivity index (χ1n) is 5.50. The summed E-state index contributed by atoms with van der Waals surface area (Å²) in [7, 11) is -4.00. The minimum absolute atomic E-state index is 0.0541. The maximum atomic E-state index is 12.0. The maximum absolute atomic E-state index is 12.0. The molecule has 0 spiro atoms. The Bertz CT molecular complexity index is 742. The summed E-state index contributed by atoms with van der Waals surface area (Å²) in [5.74, 6) is -0.882. The fourth-order valence-corrected chi connectivity index (χ4v) is 2.45. The highest BCUT2D eigenvalue weighted by Gasteiger charge is 2.19. The van der Waals surface area contributed by atoms with Crippen molar-refractivity contribution < 1.29 is 17.9 Å². The van der Waals surface area contributed by atoms with Gasteiger partial charge in [0.25, 0.3) is 15.9 Å². The monoisotopic (exact) mass is 293 g/mol. The third-order valence-electron chi connectivity index (χ3n) is 2.45. The molecule has 104 valence electrons. The number of nitrogens with zero attached hydrogens (tertiary/aromatic N) is 1. The van der Waals surface area contributed by atoms with Crippen LogP contribution in [0.15, 0.2) is 53.7 Å². The molecule has 0 bridgehead atoms. The van der Waals surface area contributed by atoms with E-state index in [4.69, 9.17) is 5.73 Å². The highest BCUT2D eigenvalue weighted by Crippen LogP contribution is 2.11. The molecule has 2 rings (SSSR count). The molecule has 0 fully saturated rings. The van der Waals surface area contributed by atoms with Gasteiger partial charge in [0.1, 0.15) is 5.56 Å². The highest BCUT2D eigenvalue weighted by atomic mass is 32.2. The van der Waals surface area contributed by atoms with Crippen molar-refractivity contribution in [3.8, 4) is 0 Å². The van der Waals surface area contributed by atoms with E-state index in [9.17, 15) is 18.4 Å². The molecule has 0 aliphatic carbocycles. The molecule has 0 saturated carbocycles. The summed E-state index contributed by atoms with van der Waals surface area (Å²) >= 11 is 0. The molecule has 1 aromatic heterocycles. The molecular weight excluding hydrogens is 282 g/mol. The quantitative estimate of drug-likeness (QED) is 0.470. The van der Waals surface area contributed by atoms with Crippen molar-refractivity contribution >= 4 is 21.6 Å². The normalized spacial score (nSPS) is 11.0. The number of hydrogen-bond donors (Lipinski definition) is 2. The zero-order chi connectivity index (χ0) is 14.8. The minimum Gasteiger partial charge on any atom is -0.619 e. The van der Waals surface area contributed by atoms with Gasteiger partial charge in [0.15, 0.2) is 12.4 Å². The van der Waals surface area contributed by atoms with Crippen molar-refractivity contribution in [2.24, 2.45) is 0 Å². The first-order chi connectivity index (χ1) is 9.38. The summed E-state index contributed by atoms with van der Waals surface area (Å²) < 4.78 is 26.2. The molecule has 3 N–H and O–H groups in total. The minimum atomic E-state index is -4.00. The highest BCUT2D eigenvalue weighted by molar-refractivity contribution is 7.90. The molecule has 0 unspecified atom stereocenters. The number of benzene rings is 1. The Balaban J connectivity index is 2.24. The topological polar surface area (TPSA) is 116 Å². The average Bonchev–Trinajstić information content (AvgIpc) is 2.38. The molecule has 0 aliphatic rings. The van der Waals surface area contributed by atoms with Crippen molar-refractivity contribution in [2.45, 2.75) is 4.90 Å². The van der Waals surface area contributed by atoms with E-state index in [0.717, 1.165) is 6.20 Å². The van der Waals surface area contributed by atoms with Crippen LogP contribution in [-0.4, -0.2) is 14.3 Å². The summed E-state index contributed by atoms with van der Waals surface area (Å²) in [5, 5.41) is 11.0. The van der Waals surface area contributed by atoms with E-state index in [-0.39, 0.29) is 10.5 Å². The molecule has 0 radical (unpaired) electrons. The molecule has 1 amide bonds. The number of hydrogen-bond acceptors (Lipinski definition) is 5. The van der Waals surface area contributed by atoms with Crippen LogP contribution in [0.2, 0.25) is 0 Å². The number of aromatic nitrogens is 1. The predicted molar refractivity (Wildman–Crippen MR) is 70.9 cm³/mol. The van der Waals surface area contributed by atoms with Gasteiger partial charge < -0.3 is 10.9 Å². The van der Waals surface area contributed by atoms with Gasteiger partial charge in [-0.15, -0.1) is 0 Å². The summed E-state index contributed by atoms with van der Waals surface area (Å²) in [6.07, 6.45) is 2.17. The SMILES string of the molecule is Nc1ccc(S(=O)(=O)NC(=O)c2ccc[n+]([O-])c2)cc1. The standard InChI is InChI=1S/C12H11N3O4S/c13-10-3-5-11(6-4-10)20(18,19)14-12(16)9-2-1-7-15(17)8-9/h1-8H,13H2,(H,14,16). The van der Waals surface area contributed by atoms with E-state index in [1.54, 1.807) is 0 Å². The van der Waals surface area contributed by atoms with Crippen molar-refractivity contribution in [3.63, 3.8) is 0 Å². The summed E-state index contributed by atoms with van der Waals surface area (Å²) in [5.41, 5.74) is 5.81. The van der Waals surface area contributed by atoms with Gasteiger partial charge in [-0.2, -0.15) is 4.73 Å². The van der Waals surface area contributed by atoms with Crippen LogP contribution in [0.1, 0.15) is 10.4 Å². The molecule has 1 aromatic carbocycles. The Labute approximate surface area is 115 Å². The van der Waals surface area contributed by atoms with Gasteiger partial charge in [0, 0.05) is 11.8 Å². The lowest BCUT2D eigenvalue weighted by molar-refractivity contribution is -0.605. The number of sulfonamides is 1. The van der Waals surface area contributed by atoms with Gasteiger partial charge in [0.05, 0.1) is 4.90 Å². The van der Waals surface area contributed by atoms with Crippen LogP contribution in [0.5, 0.6) is 0 Å². The van der Waals surface area contributed by atoms with E-state index in [0.29, 0.717) is 10.4 Å². The van der Waals surface area contributed by atoms with Crippen LogP contribution in [0.3, 0.4) is 0 Å². The van der Waals surface area contributed by atoms with E-state index >= 15 is 0 Å². The number of carbonyl (C=O) groups excluding carboxylic acids is 1. The number of rotatable bonds is 3. The molecule has 8 heteroatoms. The second-order valence-corrected chi connectivity index (χ2v) is 5.64. The zero-order valence-electron chi connectivity index (χ0n) is 10.2. The molecule has 1 heterocycles. The average molecular weight is 293 g/mol. The Morgan fingerprint density at radius 3 is 2.45 bits per heavy atom. The van der Waals surface area contributed by atoms with E-state index in [1.165, 1.54) is 42.6 Å². The van der Waals surface area contributed by atoms with Crippen molar-refractivity contribution in [2.75, 3.05) is 5.73 Å². The van der Waals surface area contributed by atoms with Crippen LogP contribution in [0.25, 0.3) is 0 Å². The zero-order valence-corrected chi connectivity index (χ0v) is 11.0. The molecule has 7 nitrogen and oxygen atoms in total. The third kappa shape index (κ3) is 3.04. The summed E-state index contributed by atoms with van der Waals surface area (Å²) in [4.78, 5) is 11.7. The molecule has 0 aliphatic heterocycles. The van der Waals surface area contributed by atoms with E-state index < -0.39 is 15.9 Å². The van der Waals surface area contributed by atoms with Gasteiger partial charge in [0.2, 0.25) is 0 Å². The lowest BCUT2D eigenvalue weighted by Gasteiger charge is -2.06. The molecule has 0 atom stereocenters. The lowest BCUT2D eigenvalue weighted by Crippen LogP contribution is -2.33. The molecule has 20 heavy (non-hydrogen) atoms. The van der Waals surface area contributed by atoms with Gasteiger partial charge in [-0.3, -0.25) is 4.79 Å². The van der Waals surface area contributed by atoms with E-state index in [2.05, 4.69) is 0 Å². The molecule has 2 aromatic rings. The Hall–Kier alpha value is -2.61. The summed E-state index contributed by atoms with van der Waals surface area (Å²) in [6.45, 7) is 0. The largest absolute Gasteiger partial charge is 0.619 e. The van der Waals surface area contributed by atoms with Crippen LogP contribution < -0.4 is 15.2 Å². The number of nitrogens with two attached hydrogens (primary N) is 1. The first-order valence-corrected chi connectivity index (χ1v) is 6.98. The van der Waals surface area contributed by atoms with Crippen LogP contribution >= 0.6 is 0 Å². The van der Waals surface area contributed by atoms with Gasteiger partial charge >= 0.3 is 0 Å². The fraction of sp³-hybridized carbons (Fsp3) is 0. The van der Waals surface area contributed by atoms with Crippen LogP contribution in [0, 0.1) is 5.21 Å². The molecular formula is C12H11N3O4S. The maximum Gasteiger partial charge on any atom is 0.271 e. The molecule has 0 saturated heterocycles. The second kappa shape index (κ2) is 5.17. The number of carbonyl (C=O) groups is 1. The number of nitrogens with one attached hydrogen (secondary N) is 1. The van der Waals surface area contributed by atoms with E-state index in [1.807, 2.05) is 4.72 Å². The number of amides is 1. The van der Waals surface area contributed by atoms with Crippen LogP contribution in [0.4, 0.5) is 5.69 Å². The number of nitrogen functional groups attached to an aromatic ring is 1.